The molecule has 2 aromatic heterocycles. The number of fused-ring (bicyclic) bond motifs is 4. The van der Waals surface area contributed by atoms with Crippen LogP contribution in [-0.2, 0) is 54.5 Å². The zero-order valence-electron chi connectivity index (χ0n) is 36.9. The molecule has 10 rings (SSSR count). The molecule has 2 N–H and O–H groups in total. The lowest BCUT2D eigenvalue weighted by atomic mass is 9.88. The number of pyridine rings is 2. The van der Waals surface area contributed by atoms with Gasteiger partial charge in [-0.05, 0) is 134 Å². The number of aromatic nitrogens is 2. The van der Waals surface area contributed by atoms with Crippen LogP contribution in [0.5, 0.6) is 0 Å². The summed E-state index contributed by atoms with van der Waals surface area (Å²) in [5, 5.41) is 13.3. The number of amides is 5. The Bertz CT molecular complexity index is 2730. The Labute approximate surface area is 398 Å². The number of hydrogen-bond donors (Lipinski definition) is 2. The van der Waals surface area contributed by atoms with E-state index in [1.54, 1.807) is 0 Å². The second-order valence-electron chi connectivity index (χ2n) is 16.9. The predicted octanol–water partition coefficient (Wildman–Crippen LogP) is 6.98. The van der Waals surface area contributed by atoms with Crippen LogP contribution in [0.25, 0.3) is 11.1 Å². The van der Waals surface area contributed by atoms with Crippen molar-refractivity contribution in [2.24, 2.45) is 0 Å². The van der Waals surface area contributed by atoms with E-state index in [0.29, 0.717) is 13.1 Å². The smallest absolute Gasteiger partial charge is 0.305 e. The highest BCUT2D eigenvalue weighted by molar-refractivity contribution is 6.31. The van der Waals surface area contributed by atoms with Crippen molar-refractivity contribution in [3.63, 3.8) is 0 Å². The van der Waals surface area contributed by atoms with E-state index >= 15 is 0 Å². The highest BCUT2D eigenvalue weighted by Crippen LogP contribution is 2.40. The Balaban J connectivity index is 0.000000153. The maximum Gasteiger partial charge on any atom is 0.305 e. The monoisotopic (exact) mass is 940 g/mol. The molecule has 0 atom stereocenters. The summed E-state index contributed by atoms with van der Waals surface area (Å²) in [6, 6.07) is 20.8. The van der Waals surface area contributed by atoms with Crippen LogP contribution in [0.3, 0.4) is 0 Å². The molecule has 2 fully saturated rings. The normalized spacial score (nSPS) is 17.4. The zero-order valence-corrected chi connectivity index (χ0v) is 38.5. The second-order valence-corrected chi connectivity index (χ2v) is 17.8. The van der Waals surface area contributed by atoms with E-state index in [-0.39, 0.29) is 43.7 Å². The third-order valence-electron chi connectivity index (χ3n) is 12.8. The Kier molecular flexibility index (Phi) is 15.0. The van der Waals surface area contributed by atoms with Crippen LogP contribution < -0.4 is 5.32 Å². The minimum absolute atomic E-state index is 0.0295. The molecule has 0 unspecified atom stereocenters. The van der Waals surface area contributed by atoms with Crippen LogP contribution >= 0.6 is 23.2 Å². The second kappa shape index (κ2) is 21.4. The number of nitrogens with one attached hydrogen (secondary N) is 1. The van der Waals surface area contributed by atoms with Crippen molar-refractivity contribution in [3.8, 4) is 0 Å². The molecule has 2 aromatic carbocycles. The van der Waals surface area contributed by atoms with Crippen molar-refractivity contribution < 1.29 is 33.9 Å². The summed E-state index contributed by atoms with van der Waals surface area (Å²) in [5.41, 5.74) is 15.3. The summed E-state index contributed by atoms with van der Waals surface area (Å²) in [4.78, 5) is 81.3. The minimum atomic E-state index is -1.03. The number of nitrogens with zero attached hydrogens (tertiary/aromatic N) is 5. The fourth-order valence-electron chi connectivity index (χ4n) is 9.40. The van der Waals surface area contributed by atoms with Crippen LogP contribution in [0.1, 0.15) is 83.3 Å². The van der Waals surface area contributed by atoms with E-state index in [0.717, 1.165) is 102 Å². The van der Waals surface area contributed by atoms with Gasteiger partial charge < -0.3 is 15.3 Å². The molecule has 13 nitrogen and oxygen atoms in total. The highest BCUT2D eigenvalue weighted by atomic mass is 35.5. The van der Waals surface area contributed by atoms with Gasteiger partial charge in [0.05, 0.1) is 17.8 Å². The number of halogens is 2. The number of carboxylic acids is 1. The van der Waals surface area contributed by atoms with Gasteiger partial charge >= 0.3 is 5.97 Å². The van der Waals surface area contributed by atoms with E-state index in [9.17, 15) is 28.8 Å². The van der Waals surface area contributed by atoms with E-state index in [4.69, 9.17) is 38.3 Å². The molecule has 0 radical (unpaired) electrons. The first-order chi connectivity index (χ1) is 32.4. The summed E-state index contributed by atoms with van der Waals surface area (Å²) >= 11 is 12.5. The number of benzene rings is 2. The number of hydrogen-bond acceptors (Lipinski definition) is 9. The molecule has 0 bridgehead atoms. The van der Waals surface area contributed by atoms with Crippen LogP contribution in [0, 0.1) is 0 Å². The Morgan fingerprint density at radius 1 is 0.567 bits per heavy atom. The van der Waals surface area contributed by atoms with Gasteiger partial charge in [-0.25, -0.2) is 0 Å². The molecule has 6 heterocycles. The molecule has 67 heavy (non-hydrogen) atoms. The number of carboxylic acid groups (broad SMARTS) is 1. The van der Waals surface area contributed by atoms with E-state index in [2.05, 4.69) is 41.7 Å². The Morgan fingerprint density at radius 2 is 1.00 bits per heavy atom. The molecule has 15 heteroatoms. The lowest BCUT2D eigenvalue weighted by Crippen LogP contribution is -2.39. The fraction of sp³-hybridized carbons (Fsp3) is 0.308. The van der Waals surface area contributed by atoms with Crippen molar-refractivity contribution in [3.05, 3.63) is 163 Å². The molecule has 5 amide bonds. The maximum atomic E-state index is 12.8. The Hall–Kier alpha value is -6.54. The molecule has 4 aromatic rings. The van der Waals surface area contributed by atoms with Gasteiger partial charge in [0, 0.05) is 90.5 Å². The van der Waals surface area contributed by atoms with Gasteiger partial charge in [0.15, 0.2) is 0 Å². The number of aliphatic carboxylic acids is 1. The van der Waals surface area contributed by atoms with Gasteiger partial charge in [0.1, 0.15) is 0 Å². The summed E-state index contributed by atoms with van der Waals surface area (Å²) in [5.74, 6) is -2.64. The predicted molar refractivity (Wildman–Crippen MR) is 255 cm³/mol. The molecular formula is C52H50Cl2N6O7. The Morgan fingerprint density at radius 3 is 1.46 bits per heavy atom. The summed E-state index contributed by atoms with van der Waals surface area (Å²) in [7, 11) is 0. The van der Waals surface area contributed by atoms with Crippen LogP contribution in [0.4, 0.5) is 0 Å². The molecular weight excluding hydrogens is 892 g/mol. The molecule has 0 saturated carbocycles. The summed E-state index contributed by atoms with van der Waals surface area (Å²) in [6.45, 7) is 3.42. The quantitative estimate of drug-likeness (QED) is 0.193. The largest absolute Gasteiger partial charge is 0.481 e. The van der Waals surface area contributed by atoms with Crippen LogP contribution in [-0.4, -0.2) is 105 Å². The SMILES string of the molecule is Clc1ccc2c(c1)CCc1cccnc1C2=C1CCNCC1.O=C(CCN1C(=O)C=CC1=O)N1CCC(=C2c3ccc(Cl)cc3CCc3cccnc32)CC1.O=C(O)CCN1C(=O)C=CC1=O. The fourth-order valence-corrected chi connectivity index (χ4v) is 9.79. The van der Waals surface area contributed by atoms with E-state index in [1.807, 2.05) is 41.6 Å². The zero-order chi connectivity index (χ0) is 47.0. The third kappa shape index (κ3) is 11.0. The number of carbonyl (C=O) groups excluding carboxylic acids is 5. The first kappa shape index (κ1) is 47.0. The first-order valence-electron chi connectivity index (χ1n) is 22.6. The third-order valence-corrected chi connectivity index (χ3v) is 13.3. The van der Waals surface area contributed by atoms with Gasteiger partial charge in [-0.1, -0.05) is 58.6 Å². The highest BCUT2D eigenvalue weighted by Gasteiger charge is 2.29. The van der Waals surface area contributed by atoms with Crippen LogP contribution in [0.2, 0.25) is 10.0 Å². The van der Waals surface area contributed by atoms with Crippen molar-refractivity contribution in [2.75, 3.05) is 39.3 Å². The molecule has 2 saturated heterocycles. The van der Waals surface area contributed by atoms with E-state index in [1.165, 1.54) is 73.5 Å². The van der Waals surface area contributed by atoms with Crippen molar-refractivity contribution in [1.29, 1.82) is 0 Å². The summed E-state index contributed by atoms with van der Waals surface area (Å²) < 4.78 is 0. The van der Waals surface area contributed by atoms with Crippen molar-refractivity contribution in [2.45, 2.75) is 64.2 Å². The van der Waals surface area contributed by atoms with E-state index < -0.39 is 17.8 Å². The molecule has 2 aliphatic carbocycles. The lowest BCUT2D eigenvalue weighted by molar-refractivity contribution is -0.141. The number of aryl methyl sites for hydroxylation is 4. The van der Waals surface area contributed by atoms with Gasteiger partial charge in [-0.15, -0.1) is 0 Å². The van der Waals surface area contributed by atoms with Crippen molar-refractivity contribution in [1.82, 2.24) is 30.0 Å². The molecule has 344 valence electrons. The lowest BCUT2D eigenvalue weighted by Gasteiger charge is -2.31. The van der Waals surface area contributed by atoms with Gasteiger partial charge in [-0.3, -0.25) is 48.5 Å². The summed E-state index contributed by atoms with van der Waals surface area (Å²) in [6.07, 6.45) is 16.1. The average molecular weight is 942 g/mol. The number of piperidine rings is 2. The average Bonchev–Trinajstić information content (AvgIpc) is 3.70. The van der Waals surface area contributed by atoms with Crippen LogP contribution in [0.15, 0.2) is 109 Å². The first-order valence-corrected chi connectivity index (χ1v) is 23.4. The maximum absolute atomic E-state index is 12.8. The minimum Gasteiger partial charge on any atom is -0.481 e. The number of rotatable bonds is 6. The number of imide groups is 2. The number of likely N-dealkylation sites (tertiary alicyclic amines) is 1. The topological polar surface area (TPSA) is 170 Å². The van der Waals surface area contributed by atoms with Crippen molar-refractivity contribution >= 4 is 69.9 Å². The molecule has 0 spiro atoms. The van der Waals surface area contributed by atoms with Gasteiger partial charge in [-0.2, -0.15) is 0 Å². The van der Waals surface area contributed by atoms with Gasteiger partial charge in [0.2, 0.25) is 5.91 Å². The standard InChI is InChI=1S/C26H24ClN3O3.C19H19ClN2.C7H7NO4/c27-20-5-6-21-19(16-20)4-3-18-2-1-12-28-26(18)25(21)17-9-13-29(14-10-17)22(31)11-15-30-23(32)7-8-24(30)33;20-16-5-6-17-15(12-16)4-3-14-2-1-9-22-19(14)18(17)13-7-10-21-11-8-13;9-5-1-2-6(10)8(5)4-3-7(11)12/h1-2,5-8,12,16H,3-4,9-11,13-15H2;1-2,5-6,9,12,21H,3-4,7-8,10-11H2;1-2H,3-4H2,(H,11,12). The van der Waals surface area contributed by atoms with Gasteiger partial charge in [0.25, 0.3) is 23.6 Å². The molecule has 4 aliphatic heterocycles. The molecule has 6 aliphatic rings. The number of carbonyl (C=O) groups is 6.